The van der Waals surface area contributed by atoms with E-state index in [-0.39, 0.29) is 0 Å². The van der Waals surface area contributed by atoms with Crippen LogP contribution in [0.25, 0.3) is 0 Å². The zero-order chi connectivity index (χ0) is 11.8. The fourth-order valence-corrected chi connectivity index (χ4v) is 2.28. The highest BCUT2D eigenvalue weighted by molar-refractivity contribution is 14.1. The Balaban J connectivity index is 2.69. The Morgan fingerprint density at radius 1 is 1.50 bits per heavy atom. The van der Waals surface area contributed by atoms with Gasteiger partial charge in [-0.05, 0) is 66.1 Å². The predicted octanol–water partition coefficient (Wildman–Crippen LogP) is 4.30. The van der Waals surface area contributed by atoms with E-state index in [0.29, 0.717) is 6.04 Å². The first kappa shape index (κ1) is 13.7. The van der Waals surface area contributed by atoms with Crippen LogP contribution in [0.3, 0.4) is 0 Å². The van der Waals surface area contributed by atoms with Gasteiger partial charge in [0, 0.05) is 9.61 Å². The molecule has 0 aliphatic rings. The number of allylic oxidation sites excluding steroid dienone is 1. The molecule has 0 bridgehead atoms. The molecule has 1 atom stereocenters. The van der Waals surface area contributed by atoms with Gasteiger partial charge in [-0.1, -0.05) is 25.1 Å². The topological polar surface area (TPSA) is 12.0 Å². The van der Waals surface area contributed by atoms with Crippen molar-refractivity contribution in [2.45, 2.75) is 32.2 Å². The first-order valence-electron chi connectivity index (χ1n) is 5.87. The van der Waals surface area contributed by atoms with Gasteiger partial charge in [0.1, 0.15) is 0 Å². The van der Waals surface area contributed by atoms with Gasteiger partial charge in [-0.25, -0.2) is 0 Å². The lowest BCUT2D eigenvalue weighted by molar-refractivity contribution is 0.503. The minimum absolute atomic E-state index is 0.465. The van der Waals surface area contributed by atoms with Gasteiger partial charge in [0.25, 0.3) is 0 Å². The third kappa shape index (κ3) is 4.66. The zero-order valence-electron chi connectivity index (χ0n) is 9.88. The second-order valence-electron chi connectivity index (χ2n) is 3.93. The normalized spacial score (nSPS) is 12.4. The maximum absolute atomic E-state index is 3.79. The van der Waals surface area contributed by atoms with Crippen LogP contribution in [0.5, 0.6) is 0 Å². The lowest BCUT2D eigenvalue weighted by atomic mass is 10.0. The van der Waals surface area contributed by atoms with Crippen LogP contribution in [0.15, 0.2) is 36.9 Å². The van der Waals surface area contributed by atoms with Crippen molar-refractivity contribution in [1.29, 1.82) is 0 Å². The quantitative estimate of drug-likeness (QED) is 0.581. The average Bonchev–Trinajstić information content (AvgIpc) is 2.29. The summed E-state index contributed by atoms with van der Waals surface area (Å²) in [6.07, 6.45) is 5.36. The summed E-state index contributed by atoms with van der Waals surface area (Å²) in [5.41, 5.74) is 1.39. The zero-order valence-corrected chi connectivity index (χ0v) is 12.0. The van der Waals surface area contributed by atoms with Crippen LogP contribution in [-0.2, 0) is 0 Å². The van der Waals surface area contributed by atoms with Crippen molar-refractivity contribution in [1.82, 2.24) is 5.32 Å². The van der Waals surface area contributed by atoms with Crippen molar-refractivity contribution in [2.75, 3.05) is 6.54 Å². The van der Waals surface area contributed by atoms with Crippen molar-refractivity contribution >= 4 is 22.6 Å². The molecule has 16 heavy (non-hydrogen) atoms. The Hall–Kier alpha value is -0.350. The Labute approximate surface area is 112 Å². The number of rotatable bonds is 7. The largest absolute Gasteiger partial charge is 0.310 e. The Morgan fingerprint density at radius 2 is 2.31 bits per heavy atom. The molecule has 1 aromatic carbocycles. The summed E-state index contributed by atoms with van der Waals surface area (Å²) in [5, 5.41) is 3.60. The molecule has 0 heterocycles. The maximum Gasteiger partial charge on any atom is 0.0323 e. The van der Waals surface area contributed by atoms with Crippen molar-refractivity contribution in [2.24, 2.45) is 0 Å². The molecule has 88 valence electrons. The Kier molecular flexibility index (Phi) is 6.73. The summed E-state index contributed by atoms with van der Waals surface area (Å²) in [4.78, 5) is 0. The third-order valence-electron chi connectivity index (χ3n) is 2.55. The van der Waals surface area contributed by atoms with E-state index in [0.717, 1.165) is 19.4 Å². The van der Waals surface area contributed by atoms with E-state index in [1.54, 1.807) is 0 Å². The molecule has 2 heteroatoms. The molecular weight excluding hydrogens is 309 g/mol. The van der Waals surface area contributed by atoms with Gasteiger partial charge < -0.3 is 5.32 Å². The molecule has 1 rings (SSSR count). The van der Waals surface area contributed by atoms with Gasteiger partial charge in [-0.15, -0.1) is 6.58 Å². The van der Waals surface area contributed by atoms with Crippen molar-refractivity contribution in [3.63, 3.8) is 0 Å². The maximum atomic E-state index is 3.79. The minimum Gasteiger partial charge on any atom is -0.310 e. The average molecular weight is 329 g/mol. The standard InChI is InChI=1S/C14H20IN/c1-3-5-9-14(16-10-4-2)12-7-6-8-13(15)11-12/h3,6-8,11,14,16H,1,4-5,9-10H2,2H3. The third-order valence-corrected chi connectivity index (χ3v) is 3.22. The summed E-state index contributed by atoms with van der Waals surface area (Å²) in [7, 11) is 0. The lowest BCUT2D eigenvalue weighted by Crippen LogP contribution is -2.22. The number of benzene rings is 1. The van der Waals surface area contributed by atoms with Gasteiger partial charge in [-0.3, -0.25) is 0 Å². The molecule has 0 amide bonds. The first-order chi connectivity index (χ1) is 7.77. The van der Waals surface area contributed by atoms with Gasteiger partial charge >= 0.3 is 0 Å². The van der Waals surface area contributed by atoms with Crippen LogP contribution in [0.2, 0.25) is 0 Å². The van der Waals surface area contributed by atoms with E-state index in [2.05, 4.69) is 65.7 Å². The first-order valence-corrected chi connectivity index (χ1v) is 6.95. The van der Waals surface area contributed by atoms with Gasteiger partial charge in [0.15, 0.2) is 0 Å². The second-order valence-corrected chi connectivity index (χ2v) is 5.17. The van der Waals surface area contributed by atoms with Crippen LogP contribution in [0.4, 0.5) is 0 Å². The molecule has 1 aromatic rings. The highest BCUT2D eigenvalue weighted by atomic mass is 127. The fraction of sp³-hybridized carbons (Fsp3) is 0.429. The molecule has 0 radical (unpaired) electrons. The Morgan fingerprint density at radius 3 is 2.94 bits per heavy atom. The molecular formula is C14H20IN. The predicted molar refractivity (Wildman–Crippen MR) is 79.6 cm³/mol. The smallest absolute Gasteiger partial charge is 0.0323 e. The summed E-state index contributed by atoms with van der Waals surface area (Å²) in [6, 6.07) is 9.20. The van der Waals surface area contributed by atoms with E-state index >= 15 is 0 Å². The summed E-state index contributed by atoms with van der Waals surface area (Å²) in [6.45, 7) is 7.07. The van der Waals surface area contributed by atoms with Crippen LogP contribution in [0, 0.1) is 3.57 Å². The molecule has 0 saturated heterocycles. The highest BCUT2D eigenvalue weighted by Gasteiger charge is 2.09. The lowest BCUT2D eigenvalue weighted by Gasteiger charge is -2.18. The molecule has 0 aromatic heterocycles. The second kappa shape index (κ2) is 7.85. The molecule has 0 saturated carbocycles. The van der Waals surface area contributed by atoms with Crippen LogP contribution in [0.1, 0.15) is 37.8 Å². The van der Waals surface area contributed by atoms with Gasteiger partial charge in [-0.2, -0.15) is 0 Å². The van der Waals surface area contributed by atoms with Crippen molar-refractivity contribution in [3.05, 3.63) is 46.1 Å². The summed E-state index contributed by atoms with van der Waals surface area (Å²) >= 11 is 2.37. The van der Waals surface area contributed by atoms with E-state index in [1.807, 2.05) is 6.08 Å². The number of hydrogen-bond donors (Lipinski definition) is 1. The van der Waals surface area contributed by atoms with Gasteiger partial charge in [0.2, 0.25) is 0 Å². The van der Waals surface area contributed by atoms with E-state index in [4.69, 9.17) is 0 Å². The minimum atomic E-state index is 0.465. The van der Waals surface area contributed by atoms with Crippen LogP contribution < -0.4 is 5.32 Å². The van der Waals surface area contributed by atoms with E-state index in [1.165, 1.54) is 15.6 Å². The van der Waals surface area contributed by atoms with Gasteiger partial charge in [0.05, 0.1) is 0 Å². The van der Waals surface area contributed by atoms with E-state index < -0.39 is 0 Å². The molecule has 1 unspecified atom stereocenters. The van der Waals surface area contributed by atoms with Crippen molar-refractivity contribution < 1.29 is 0 Å². The molecule has 1 N–H and O–H groups in total. The molecule has 1 nitrogen and oxygen atoms in total. The van der Waals surface area contributed by atoms with Crippen molar-refractivity contribution in [3.8, 4) is 0 Å². The summed E-state index contributed by atoms with van der Waals surface area (Å²) < 4.78 is 1.30. The molecule has 0 fully saturated rings. The molecule has 0 spiro atoms. The number of hydrogen-bond acceptors (Lipinski definition) is 1. The summed E-state index contributed by atoms with van der Waals surface area (Å²) in [5.74, 6) is 0. The van der Waals surface area contributed by atoms with Crippen LogP contribution >= 0.6 is 22.6 Å². The highest BCUT2D eigenvalue weighted by Crippen LogP contribution is 2.20. The Bertz CT molecular complexity index is 322. The fourth-order valence-electron chi connectivity index (χ4n) is 1.71. The molecule has 0 aliphatic carbocycles. The van der Waals surface area contributed by atoms with Crippen LogP contribution in [-0.4, -0.2) is 6.54 Å². The molecule has 0 aliphatic heterocycles. The number of halogens is 1. The van der Waals surface area contributed by atoms with E-state index in [9.17, 15) is 0 Å². The SMILES string of the molecule is C=CCCC(NCCC)c1cccc(I)c1. The monoisotopic (exact) mass is 329 g/mol. The number of nitrogens with one attached hydrogen (secondary N) is 1.